The number of aromatic nitrogens is 5. The van der Waals surface area contributed by atoms with Gasteiger partial charge in [-0.1, -0.05) is 13.8 Å². The van der Waals surface area contributed by atoms with Gasteiger partial charge in [-0.3, -0.25) is 9.40 Å². The molecule has 1 fully saturated rings. The van der Waals surface area contributed by atoms with Crippen molar-refractivity contribution in [1.29, 1.82) is 0 Å². The molecule has 1 aliphatic carbocycles. The van der Waals surface area contributed by atoms with Gasteiger partial charge in [-0.15, -0.1) is 0 Å². The average Bonchev–Trinajstić information content (AvgIpc) is 3.21. The lowest BCUT2D eigenvalue weighted by Crippen LogP contribution is -2.33. The van der Waals surface area contributed by atoms with Crippen LogP contribution in [0.1, 0.15) is 55.8 Å². The average molecular weight is 466 g/mol. The van der Waals surface area contributed by atoms with Gasteiger partial charge >= 0.3 is 0 Å². The van der Waals surface area contributed by atoms with E-state index in [1.54, 1.807) is 0 Å². The maximum Gasteiger partial charge on any atom is 0.143 e. The normalized spacial score (nSPS) is 19.8. The van der Waals surface area contributed by atoms with Crippen LogP contribution in [0.3, 0.4) is 0 Å². The fourth-order valence-corrected chi connectivity index (χ4v) is 5.88. The fraction of sp³-hybridized carbons (Fsp3) is 0.500. The minimum Gasteiger partial charge on any atom is -0.366 e. The summed E-state index contributed by atoms with van der Waals surface area (Å²) in [6, 6.07) is 4.08. The van der Waals surface area contributed by atoms with Crippen molar-refractivity contribution >= 4 is 22.6 Å². The number of aromatic amines is 1. The van der Waals surface area contributed by atoms with E-state index in [0.29, 0.717) is 12.3 Å². The molecule has 33 heavy (non-hydrogen) atoms. The minimum atomic E-state index is -1.05. The molecule has 2 aliphatic rings. The van der Waals surface area contributed by atoms with Crippen LogP contribution in [0.15, 0.2) is 24.5 Å². The molecule has 0 radical (unpaired) electrons. The lowest BCUT2D eigenvalue weighted by Gasteiger charge is -2.29. The lowest BCUT2D eigenvalue weighted by molar-refractivity contribution is 0.312. The van der Waals surface area contributed by atoms with Crippen molar-refractivity contribution < 1.29 is 4.21 Å². The van der Waals surface area contributed by atoms with E-state index in [2.05, 4.69) is 34.2 Å². The van der Waals surface area contributed by atoms with Crippen molar-refractivity contribution in [2.45, 2.75) is 59.4 Å². The molecular weight excluding hydrogens is 434 g/mol. The van der Waals surface area contributed by atoms with Gasteiger partial charge in [-0.2, -0.15) is 5.10 Å². The van der Waals surface area contributed by atoms with Gasteiger partial charge in [0.15, 0.2) is 0 Å². The number of aryl methyl sites for hydroxylation is 1. The Morgan fingerprint density at radius 1 is 1.21 bits per heavy atom. The fourth-order valence-electron chi connectivity index (χ4n) is 4.57. The summed E-state index contributed by atoms with van der Waals surface area (Å²) in [7, 11) is -1.05. The van der Waals surface area contributed by atoms with E-state index >= 15 is 0 Å². The number of fused-ring (bicyclic) bond motifs is 1. The maximum atomic E-state index is 12.8. The molecule has 0 amide bonds. The Kier molecular flexibility index (Phi) is 5.90. The van der Waals surface area contributed by atoms with E-state index in [-0.39, 0.29) is 5.41 Å². The summed E-state index contributed by atoms with van der Waals surface area (Å²) >= 11 is 0. The molecule has 0 saturated carbocycles. The van der Waals surface area contributed by atoms with Gasteiger partial charge in [-0.05, 0) is 56.6 Å². The molecule has 3 aromatic rings. The number of nitrogens with one attached hydrogen (secondary N) is 2. The Morgan fingerprint density at radius 3 is 2.82 bits per heavy atom. The third-order valence-electron chi connectivity index (χ3n) is 6.48. The van der Waals surface area contributed by atoms with Gasteiger partial charge in [0.2, 0.25) is 0 Å². The maximum absolute atomic E-state index is 12.8. The zero-order chi connectivity index (χ0) is 23.0. The molecule has 4 heterocycles. The summed E-state index contributed by atoms with van der Waals surface area (Å²) in [6.45, 7) is 7.80. The van der Waals surface area contributed by atoms with Crippen LogP contribution >= 0.6 is 0 Å². The molecule has 0 spiro atoms. The SMILES string of the molecule is Cc1ncc(CNc2cc(-c3n[nH]c4c3CCC(C)(C)C4)cc(N3CCCCS3=O)n2)cn1. The number of rotatable bonds is 5. The van der Waals surface area contributed by atoms with Crippen LogP contribution in [-0.2, 0) is 30.4 Å². The van der Waals surface area contributed by atoms with Crippen molar-refractivity contribution in [2.24, 2.45) is 5.41 Å². The van der Waals surface area contributed by atoms with E-state index in [4.69, 9.17) is 10.1 Å². The van der Waals surface area contributed by atoms with Gasteiger partial charge in [-0.25, -0.2) is 19.2 Å². The molecule has 0 bridgehead atoms. The number of hydrogen-bond acceptors (Lipinski definition) is 6. The number of nitrogens with zero attached hydrogens (tertiary/aromatic N) is 5. The summed E-state index contributed by atoms with van der Waals surface area (Å²) in [5, 5.41) is 11.4. The number of pyridine rings is 1. The Balaban J connectivity index is 1.50. The second kappa shape index (κ2) is 8.85. The second-order valence-electron chi connectivity index (χ2n) is 9.80. The molecule has 5 rings (SSSR count). The van der Waals surface area contributed by atoms with Crippen LogP contribution in [0.5, 0.6) is 0 Å². The Morgan fingerprint density at radius 2 is 2.03 bits per heavy atom. The molecule has 0 aromatic carbocycles. The second-order valence-corrected chi connectivity index (χ2v) is 11.3. The Bertz CT molecular complexity index is 1170. The number of anilines is 2. The first-order chi connectivity index (χ1) is 15.9. The highest BCUT2D eigenvalue weighted by Crippen LogP contribution is 2.39. The molecule has 174 valence electrons. The smallest absolute Gasteiger partial charge is 0.143 e. The van der Waals surface area contributed by atoms with E-state index in [1.807, 2.05) is 35.8 Å². The van der Waals surface area contributed by atoms with Crippen LogP contribution in [0.4, 0.5) is 11.6 Å². The molecule has 1 unspecified atom stereocenters. The lowest BCUT2D eigenvalue weighted by atomic mass is 9.76. The predicted octanol–water partition coefficient (Wildman–Crippen LogP) is 3.96. The zero-order valence-corrected chi connectivity index (χ0v) is 20.3. The van der Waals surface area contributed by atoms with E-state index in [0.717, 1.165) is 72.9 Å². The Hall–Kier alpha value is -2.81. The number of H-pyrrole nitrogens is 1. The van der Waals surface area contributed by atoms with Crippen LogP contribution in [0.25, 0.3) is 11.3 Å². The molecule has 9 heteroatoms. The van der Waals surface area contributed by atoms with Crippen molar-refractivity contribution in [3.8, 4) is 11.3 Å². The van der Waals surface area contributed by atoms with Gasteiger partial charge in [0, 0.05) is 53.6 Å². The summed E-state index contributed by atoms with van der Waals surface area (Å²) in [6.07, 6.45) is 8.81. The van der Waals surface area contributed by atoms with Gasteiger partial charge in [0.25, 0.3) is 0 Å². The third kappa shape index (κ3) is 4.78. The first-order valence-corrected chi connectivity index (χ1v) is 12.9. The summed E-state index contributed by atoms with van der Waals surface area (Å²) in [4.78, 5) is 13.4. The quantitative estimate of drug-likeness (QED) is 0.592. The topological polar surface area (TPSA) is 99.7 Å². The molecule has 8 nitrogen and oxygen atoms in total. The molecule has 1 saturated heterocycles. The zero-order valence-electron chi connectivity index (χ0n) is 19.5. The summed E-state index contributed by atoms with van der Waals surface area (Å²) in [5.41, 5.74) is 5.77. The Labute approximate surface area is 197 Å². The van der Waals surface area contributed by atoms with Crippen molar-refractivity contribution in [3.05, 3.63) is 47.2 Å². The first-order valence-electron chi connectivity index (χ1n) is 11.6. The van der Waals surface area contributed by atoms with Gasteiger partial charge < -0.3 is 5.32 Å². The third-order valence-corrected chi connectivity index (χ3v) is 7.98. The van der Waals surface area contributed by atoms with Crippen molar-refractivity contribution in [2.75, 3.05) is 21.9 Å². The highest BCUT2D eigenvalue weighted by molar-refractivity contribution is 7.86. The van der Waals surface area contributed by atoms with Gasteiger partial charge in [0.05, 0.1) is 5.69 Å². The molecule has 1 aliphatic heterocycles. The molecule has 2 N–H and O–H groups in total. The van der Waals surface area contributed by atoms with Crippen LogP contribution in [0.2, 0.25) is 0 Å². The van der Waals surface area contributed by atoms with E-state index in [9.17, 15) is 4.21 Å². The van der Waals surface area contributed by atoms with Crippen molar-refractivity contribution in [1.82, 2.24) is 25.1 Å². The predicted molar refractivity (Wildman–Crippen MR) is 131 cm³/mol. The standard InChI is InChI=1S/C24H31N7OS/c1-16-25-13-17(14-26-16)15-27-21-10-18(11-22(28-21)31-8-4-5-9-33(31)32)23-19-6-7-24(2,3)12-20(19)29-30-23/h10-11,13-14H,4-9,12,15H2,1-3H3,(H,27,28)(H,29,30). The summed E-state index contributed by atoms with van der Waals surface area (Å²) in [5.74, 6) is 2.90. The summed E-state index contributed by atoms with van der Waals surface area (Å²) < 4.78 is 14.7. The highest BCUT2D eigenvalue weighted by atomic mass is 32.2. The first kappa shape index (κ1) is 22.0. The van der Waals surface area contributed by atoms with Crippen LogP contribution < -0.4 is 9.62 Å². The molecule has 3 aromatic heterocycles. The highest BCUT2D eigenvalue weighted by Gasteiger charge is 2.30. The van der Waals surface area contributed by atoms with Crippen LogP contribution in [0, 0.1) is 12.3 Å². The molecule has 1 atom stereocenters. The van der Waals surface area contributed by atoms with Gasteiger partial charge in [0.1, 0.15) is 28.4 Å². The van der Waals surface area contributed by atoms with Crippen LogP contribution in [-0.4, -0.2) is 41.7 Å². The molecular formula is C24H31N7OS. The largest absolute Gasteiger partial charge is 0.366 e. The number of hydrogen-bond donors (Lipinski definition) is 2. The monoisotopic (exact) mass is 465 g/mol. The van der Waals surface area contributed by atoms with E-state index < -0.39 is 11.0 Å². The van der Waals surface area contributed by atoms with Crippen molar-refractivity contribution in [3.63, 3.8) is 0 Å². The van der Waals surface area contributed by atoms with E-state index in [1.165, 1.54) is 11.3 Å². The minimum absolute atomic E-state index is 0.285.